The number of nitrogens with zero attached hydrogens (tertiary/aromatic N) is 4. The molecule has 0 spiro atoms. The summed E-state index contributed by atoms with van der Waals surface area (Å²) in [4.78, 5) is 24.4. The third-order valence-electron chi connectivity index (χ3n) is 3.93. The average molecular weight is 429 g/mol. The number of nitrogen functional groups attached to an aromatic ring is 1. The molecule has 3 rings (SSSR count). The first-order valence-corrected chi connectivity index (χ1v) is 9.81. The van der Waals surface area contributed by atoms with Crippen molar-refractivity contribution < 1.29 is 24.9 Å². The van der Waals surface area contributed by atoms with Crippen molar-refractivity contribution in [1.29, 1.82) is 0 Å². The molecular formula is C14H18N6O5Se. The summed E-state index contributed by atoms with van der Waals surface area (Å²) < 4.78 is 7.29. The molecule has 0 amide bonds. The van der Waals surface area contributed by atoms with Gasteiger partial charge >= 0.3 is 153 Å². The van der Waals surface area contributed by atoms with Gasteiger partial charge in [-0.1, -0.05) is 0 Å². The number of aliphatic hydroxyl groups excluding tert-OH is 2. The van der Waals surface area contributed by atoms with Crippen molar-refractivity contribution in [1.82, 2.24) is 19.5 Å². The molecule has 1 saturated heterocycles. The van der Waals surface area contributed by atoms with Crippen LogP contribution in [0.1, 0.15) is 6.23 Å². The molecule has 2 aromatic rings. The molecule has 26 heavy (non-hydrogen) atoms. The van der Waals surface area contributed by atoms with Crippen LogP contribution in [0.15, 0.2) is 23.7 Å². The number of imidazole rings is 1. The number of rotatable bonds is 6. The van der Waals surface area contributed by atoms with Gasteiger partial charge in [-0.15, -0.1) is 0 Å². The van der Waals surface area contributed by atoms with E-state index in [2.05, 4.69) is 15.0 Å². The summed E-state index contributed by atoms with van der Waals surface area (Å²) in [5.41, 5.74) is 11.9. The second-order valence-corrected chi connectivity index (χ2v) is 7.62. The number of aliphatic carboxylic acids is 1. The van der Waals surface area contributed by atoms with Crippen LogP contribution in [0, 0.1) is 0 Å². The minimum absolute atomic E-state index is 0.156. The third kappa shape index (κ3) is 3.56. The van der Waals surface area contributed by atoms with E-state index < -0.39 is 36.6 Å². The second kappa shape index (κ2) is 7.66. The van der Waals surface area contributed by atoms with Crippen LogP contribution in [-0.4, -0.2) is 80.1 Å². The molecule has 3 heterocycles. The maximum atomic E-state index is 10.7. The zero-order valence-corrected chi connectivity index (χ0v) is 15.1. The number of fused-ring (bicyclic) bond motifs is 1. The van der Waals surface area contributed by atoms with Crippen LogP contribution < -0.4 is 11.5 Å². The molecule has 2 aromatic heterocycles. The van der Waals surface area contributed by atoms with E-state index >= 15 is 0 Å². The number of aromatic nitrogens is 4. The van der Waals surface area contributed by atoms with Gasteiger partial charge in [-0.25, -0.2) is 0 Å². The predicted octanol–water partition coefficient (Wildman–Crippen LogP) is -1.92. The zero-order valence-electron chi connectivity index (χ0n) is 13.4. The van der Waals surface area contributed by atoms with Crippen LogP contribution in [0.5, 0.6) is 0 Å². The van der Waals surface area contributed by atoms with Crippen molar-refractivity contribution >= 4 is 37.9 Å². The molecule has 7 N–H and O–H groups in total. The number of ether oxygens (including phenoxy) is 1. The van der Waals surface area contributed by atoms with E-state index in [4.69, 9.17) is 21.3 Å². The van der Waals surface area contributed by atoms with Crippen LogP contribution in [0.25, 0.3) is 11.2 Å². The van der Waals surface area contributed by atoms with Gasteiger partial charge in [-0.3, -0.25) is 0 Å². The van der Waals surface area contributed by atoms with Gasteiger partial charge < -0.3 is 0 Å². The van der Waals surface area contributed by atoms with Crippen molar-refractivity contribution in [3.63, 3.8) is 0 Å². The van der Waals surface area contributed by atoms with E-state index in [1.807, 2.05) is 0 Å². The summed E-state index contributed by atoms with van der Waals surface area (Å²) in [5, 5.41) is 29.7. The molecule has 1 aliphatic heterocycles. The average Bonchev–Trinajstić information content (AvgIpc) is 3.15. The normalized spacial score (nSPS) is 27.3. The van der Waals surface area contributed by atoms with E-state index in [9.17, 15) is 15.0 Å². The van der Waals surface area contributed by atoms with Gasteiger partial charge in [0.25, 0.3) is 0 Å². The first-order valence-electron chi connectivity index (χ1n) is 7.61. The summed E-state index contributed by atoms with van der Waals surface area (Å²) >= 11 is -0.156. The van der Waals surface area contributed by atoms with Crippen molar-refractivity contribution in [2.75, 3.05) is 5.73 Å². The molecule has 0 aliphatic carbocycles. The Labute approximate surface area is 153 Å². The molecule has 0 saturated carbocycles. The van der Waals surface area contributed by atoms with Gasteiger partial charge in [-0.2, -0.15) is 0 Å². The van der Waals surface area contributed by atoms with E-state index in [-0.39, 0.29) is 20.8 Å². The molecule has 0 aromatic carbocycles. The zero-order chi connectivity index (χ0) is 18.8. The summed E-state index contributed by atoms with van der Waals surface area (Å²) in [6, 6.07) is -1.06. The summed E-state index contributed by atoms with van der Waals surface area (Å²) in [5.74, 6) is -0.903. The summed E-state index contributed by atoms with van der Waals surface area (Å²) in [6.45, 7) is 0. The van der Waals surface area contributed by atoms with E-state index in [0.717, 1.165) is 0 Å². The van der Waals surface area contributed by atoms with Gasteiger partial charge in [0.2, 0.25) is 0 Å². The number of aliphatic hydroxyl groups is 2. The molecule has 140 valence electrons. The van der Waals surface area contributed by atoms with Crippen LogP contribution in [0.4, 0.5) is 5.82 Å². The van der Waals surface area contributed by atoms with E-state index in [0.29, 0.717) is 16.5 Å². The van der Waals surface area contributed by atoms with Gasteiger partial charge in [0.15, 0.2) is 0 Å². The Balaban J connectivity index is 1.69. The number of carboxylic acid groups (broad SMARTS) is 1. The predicted molar refractivity (Wildman–Crippen MR) is 91.0 cm³/mol. The number of carboxylic acids is 1. The van der Waals surface area contributed by atoms with Gasteiger partial charge in [-0.05, 0) is 0 Å². The molecule has 1 aliphatic rings. The SMILES string of the molecule is Nc1ncnc2c1ncn2[C@@H]1O[C@H](C[Se]/C=C/C(N)C(=O)O)[C@@H](O)[C@H]1O. The van der Waals surface area contributed by atoms with Crippen LogP contribution in [0.2, 0.25) is 5.32 Å². The molecule has 1 fully saturated rings. The Morgan fingerprint density at radius 2 is 2.15 bits per heavy atom. The monoisotopic (exact) mass is 430 g/mol. The number of hydrogen-bond acceptors (Lipinski definition) is 9. The summed E-state index contributed by atoms with van der Waals surface area (Å²) in [6.07, 6.45) is 0.350. The quantitative estimate of drug-likeness (QED) is 0.324. The Kier molecular flexibility index (Phi) is 5.51. The minimum atomic E-state index is -1.17. The molecule has 0 radical (unpaired) electrons. The number of carbonyl (C=O) groups is 1. The first kappa shape index (κ1) is 18.7. The number of hydrogen-bond donors (Lipinski definition) is 5. The van der Waals surface area contributed by atoms with Crippen molar-refractivity contribution in [2.24, 2.45) is 5.73 Å². The molecule has 5 atom stereocenters. The topological polar surface area (TPSA) is 183 Å². The maximum absolute atomic E-state index is 10.7. The van der Waals surface area contributed by atoms with E-state index in [1.165, 1.54) is 23.3 Å². The van der Waals surface area contributed by atoms with E-state index in [1.54, 1.807) is 4.97 Å². The second-order valence-electron chi connectivity index (χ2n) is 5.66. The van der Waals surface area contributed by atoms with Gasteiger partial charge in [0, 0.05) is 0 Å². The van der Waals surface area contributed by atoms with Crippen LogP contribution in [-0.2, 0) is 9.53 Å². The van der Waals surface area contributed by atoms with Crippen molar-refractivity contribution in [3.05, 3.63) is 23.7 Å². The summed E-state index contributed by atoms with van der Waals surface area (Å²) in [7, 11) is 0. The van der Waals surface area contributed by atoms with Crippen molar-refractivity contribution in [2.45, 2.75) is 35.9 Å². The molecule has 1 unspecified atom stereocenters. The number of nitrogens with two attached hydrogens (primary N) is 2. The van der Waals surface area contributed by atoms with Crippen LogP contribution in [0.3, 0.4) is 0 Å². The Morgan fingerprint density at radius 3 is 2.88 bits per heavy atom. The molecule has 0 bridgehead atoms. The Hall–Kier alpha value is -2.08. The fraction of sp³-hybridized carbons (Fsp3) is 0.429. The molecule has 12 heteroatoms. The fourth-order valence-electron chi connectivity index (χ4n) is 2.53. The fourth-order valence-corrected chi connectivity index (χ4v) is 4.32. The van der Waals surface area contributed by atoms with Gasteiger partial charge in [0.1, 0.15) is 0 Å². The first-order chi connectivity index (χ1) is 12.4. The van der Waals surface area contributed by atoms with Gasteiger partial charge in [0.05, 0.1) is 0 Å². The third-order valence-corrected chi connectivity index (χ3v) is 5.75. The molecular weight excluding hydrogens is 411 g/mol. The molecule has 11 nitrogen and oxygen atoms in total. The number of anilines is 1. The van der Waals surface area contributed by atoms with Crippen molar-refractivity contribution in [3.8, 4) is 0 Å². The Bertz CT molecular complexity index is 829. The Morgan fingerprint density at radius 1 is 1.38 bits per heavy atom. The van der Waals surface area contributed by atoms with Crippen LogP contribution >= 0.6 is 0 Å². The standard InChI is InChI=1S/C14H18N6O5Se/c15-6(14(23)24)1-2-26-3-7-9(21)10(22)13(25-7)20-5-19-8-11(16)17-4-18-12(8)20/h1-2,4-7,9-10,13,21-22H,3,15H2,(H,23,24)(H2,16,17,18)/b2-1+/t6?,7-,9-,10-,13-/m1/s1.